The highest BCUT2D eigenvalue weighted by Gasteiger charge is 2.30. The third kappa shape index (κ3) is 8.51. The molecule has 0 spiro atoms. The molecule has 0 heterocycles. The van der Waals surface area contributed by atoms with Crippen molar-refractivity contribution in [1.82, 2.24) is 10.2 Å². The minimum absolute atomic E-state index is 0.0867. The molecule has 0 unspecified atom stereocenters. The Bertz CT molecular complexity index is 1090. The number of halogens is 2. The van der Waals surface area contributed by atoms with Crippen molar-refractivity contribution in [3.05, 3.63) is 107 Å². The van der Waals surface area contributed by atoms with Gasteiger partial charge in [0.15, 0.2) is 0 Å². The van der Waals surface area contributed by atoms with E-state index in [-0.39, 0.29) is 41.8 Å². The van der Waals surface area contributed by atoms with E-state index in [4.69, 9.17) is 0 Å². The largest absolute Gasteiger partial charge is 0.352 e. The first-order valence-electron chi connectivity index (χ1n) is 11.5. The molecule has 3 aromatic rings. The summed E-state index contributed by atoms with van der Waals surface area (Å²) in [6.07, 6.45) is 0.356. The second-order valence-electron chi connectivity index (χ2n) is 8.64. The van der Waals surface area contributed by atoms with Crippen LogP contribution in [0.25, 0.3) is 0 Å². The lowest BCUT2D eigenvalue weighted by atomic mass is 10.0. The van der Waals surface area contributed by atoms with Crippen molar-refractivity contribution in [2.45, 2.75) is 44.6 Å². The summed E-state index contributed by atoms with van der Waals surface area (Å²) in [5, 5.41) is 2.95. The van der Waals surface area contributed by atoms with Gasteiger partial charge in [0.2, 0.25) is 11.8 Å². The summed E-state index contributed by atoms with van der Waals surface area (Å²) in [7, 11) is 0. The van der Waals surface area contributed by atoms with Gasteiger partial charge in [-0.2, -0.15) is 0 Å². The molecular weight excluding hydrogens is 466 g/mol. The molecule has 0 saturated carbocycles. The van der Waals surface area contributed by atoms with Crippen molar-refractivity contribution in [2.75, 3.05) is 5.75 Å². The molecular formula is C28H30F2N2O2S. The molecule has 0 aliphatic rings. The van der Waals surface area contributed by atoms with Gasteiger partial charge in [-0.05, 0) is 54.8 Å². The summed E-state index contributed by atoms with van der Waals surface area (Å²) in [5.41, 5.74) is 2.58. The molecule has 0 radical (unpaired) electrons. The number of nitrogens with one attached hydrogen (secondary N) is 1. The summed E-state index contributed by atoms with van der Waals surface area (Å²) in [4.78, 5) is 28.3. The first kappa shape index (κ1) is 26.4. The van der Waals surface area contributed by atoms with Gasteiger partial charge in [0, 0.05) is 24.8 Å². The van der Waals surface area contributed by atoms with Crippen molar-refractivity contribution in [3.8, 4) is 0 Å². The van der Waals surface area contributed by atoms with Crippen LogP contribution >= 0.6 is 11.8 Å². The van der Waals surface area contributed by atoms with E-state index in [0.717, 1.165) is 16.7 Å². The summed E-state index contributed by atoms with van der Waals surface area (Å²) in [6, 6.07) is 20.9. The van der Waals surface area contributed by atoms with Gasteiger partial charge in [-0.25, -0.2) is 8.78 Å². The molecule has 0 aromatic heterocycles. The van der Waals surface area contributed by atoms with E-state index in [1.165, 1.54) is 36.0 Å². The number of hydrogen-bond donors (Lipinski definition) is 1. The highest BCUT2D eigenvalue weighted by Crippen LogP contribution is 2.19. The molecule has 2 amide bonds. The number of amides is 2. The first-order valence-corrected chi connectivity index (χ1v) is 12.7. The number of benzene rings is 3. The van der Waals surface area contributed by atoms with E-state index in [0.29, 0.717) is 12.2 Å². The zero-order valence-electron chi connectivity index (χ0n) is 19.9. The van der Waals surface area contributed by atoms with E-state index in [1.54, 1.807) is 29.2 Å². The minimum atomic E-state index is -0.733. The van der Waals surface area contributed by atoms with Crippen LogP contribution in [-0.2, 0) is 28.3 Å². The highest BCUT2D eigenvalue weighted by molar-refractivity contribution is 7.99. The maximum Gasteiger partial charge on any atom is 0.243 e. The van der Waals surface area contributed by atoms with Crippen molar-refractivity contribution in [1.29, 1.82) is 0 Å². The van der Waals surface area contributed by atoms with Crippen LogP contribution in [0.1, 0.15) is 30.5 Å². The Kier molecular flexibility index (Phi) is 9.85. The van der Waals surface area contributed by atoms with E-state index in [2.05, 4.69) is 5.32 Å². The van der Waals surface area contributed by atoms with E-state index in [9.17, 15) is 18.4 Å². The highest BCUT2D eigenvalue weighted by atomic mass is 32.2. The molecule has 184 valence electrons. The van der Waals surface area contributed by atoms with Gasteiger partial charge in [0.25, 0.3) is 0 Å². The van der Waals surface area contributed by atoms with E-state index in [1.807, 2.05) is 44.2 Å². The Labute approximate surface area is 209 Å². The molecule has 7 heteroatoms. The van der Waals surface area contributed by atoms with E-state index < -0.39 is 6.04 Å². The van der Waals surface area contributed by atoms with Crippen molar-refractivity contribution < 1.29 is 18.4 Å². The average Bonchev–Trinajstić information content (AvgIpc) is 2.84. The monoisotopic (exact) mass is 496 g/mol. The SMILES string of the molecule is CC(C)NC(=O)[C@@H](Cc1ccccc1)N(Cc1ccc(F)cc1)C(=O)CSCc1ccc(F)cc1. The summed E-state index contributed by atoms with van der Waals surface area (Å²) >= 11 is 1.41. The quantitative estimate of drug-likeness (QED) is 0.389. The molecule has 35 heavy (non-hydrogen) atoms. The van der Waals surface area contributed by atoms with Crippen LogP contribution in [0.4, 0.5) is 8.78 Å². The fourth-order valence-electron chi connectivity index (χ4n) is 3.64. The summed E-state index contributed by atoms with van der Waals surface area (Å²) < 4.78 is 26.7. The number of carbonyl (C=O) groups excluding carboxylic acids is 2. The van der Waals surface area contributed by atoms with Crippen LogP contribution in [-0.4, -0.2) is 34.6 Å². The maximum atomic E-state index is 13.5. The Hall–Kier alpha value is -3.19. The van der Waals surface area contributed by atoms with E-state index >= 15 is 0 Å². The maximum absolute atomic E-state index is 13.5. The van der Waals surface area contributed by atoms with Crippen LogP contribution in [0.2, 0.25) is 0 Å². The predicted molar refractivity (Wildman–Crippen MR) is 137 cm³/mol. The fraction of sp³-hybridized carbons (Fsp3) is 0.286. The standard InChI is InChI=1S/C28H30F2N2O2S/c1-20(2)31-28(34)26(16-21-6-4-3-5-7-21)32(17-22-8-12-24(29)13-9-22)27(33)19-35-18-23-10-14-25(30)15-11-23/h3-15,20,26H,16-19H2,1-2H3,(H,31,34)/t26-/m1/s1. The molecule has 3 aromatic carbocycles. The Morgan fingerprint density at radius 3 is 1.97 bits per heavy atom. The van der Waals surface area contributed by atoms with Crippen LogP contribution in [0, 0.1) is 11.6 Å². The summed E-state index contributed by atoms with van der Waals surface area (Å²) in [6.45, 7) is 3.93. The van der Waals surface area contributed by atoms with Crippen LogP contribution in [0.5, 0.6) is 0 Å². The number of thioether (sulfide) groups is 1. The lowest BCUT2D eigenvalue weighted by Crippen LogP contribution is -2.52. The number of nitrogens with zero attached hydrogens (tertiary/aromatic N) is 1. The van der Waals surface area contributed by atoms with Crippen LogP contribution in [0.15, 0.2) is 78.9 Å². The normalized spacial score (nSPS) is 11.8. The average molecular weight is 497 g/mol. The second-order valence-corrected chi connectivity index (χ2v) is 9.62. The topological polar surface area (TPSA) is 49.4 Å². The van der Waals surface area contributed by atoms with Crippen LogP contribution in [0.3, 0.4) is 0 Å². The second kappa shape index (κ2) is 13.0. The smallest absolute Gasteiger partial charge is 0.243 e. The number of hydrogen-bond acceptors (Lipinski definition) is 3. The summed E-state index contributed by atoms with van der Waals surface area (Å²) in [5.74, 6) is -0.402. The minimum Gasteiger partial charge on any atom is -0.352 e. The lowest BCUT2D eigenvalue weighted by Gasteiger charge is -2.32. The molecule has 0 bridgehead atoms. The van der Waals surface area contributed by atoms with Gasteiger partial charge >= 0.3 is 0 Å². The first-order chi connectivity index (χ1) is 16.8. The predicted octanol–water partition coefficient (Wildman–Crippen LogP) is 5.36. The third-order valence-electron chi connectivity index (χ3n) is 5.38. The zero-order valence-corrected chi connectivity index (χ0v) is 20.7. The van der Waals surface area contributed by atoms with Gasteiger partial charge in [-0.3, -0.25) is 9.59 Å². The van der Waals surface area contributed by atoms with Crippen molar-refractivity contribution in [2.24, 2.45) is 0 Å². The molecule has 0 saturated heterocycles. The molecule has 0 aliphatic carbocycles. The lowest BCUT2D eigenvalue weighted by molar-refractivity contribution is -0.139. The van der Waals surface area contributed by atoms with Gasteiger partial charge in [-0.15, -0.1) is 11.8 Å². The Balaban J connectivity index is 1.83. The fourth-order valence-corrected chi connectivity index (χ4v) is 4.51. The number of carbonyl (C=O) groups is 2. The molecule has 1 atom stereocenters. The number of rotatable bonds is 11. The van der Waals surface area contributed by atoms with Gasteiger partial charge < -0.3 is 10.2 Å². The van der Waals surface area contributed by atoms with Gasteiger partial charge in [-0.1, -0.05) is 54.6 Å². The van der Waals surface area contributed by atoms with Crippen molar-refractivity contribution >= 4 is 23.6 Å². The molecule has 0 fully saturated rings. The molecule has 4 nitrogen and oxygen atoms in total. The Morgan fingerprint density at radius 2 is 1.40 bits per heavy atom. The zero-order chi connectivity index (χ0) is 25.2. The third-order valence-corrected chi connectivity index (χ3v) is 6.36. The van der Waals surface area contributed by atoms with Gasteiger partial charge in [0.05, 0.1) is 5.75 Å². The van der Waals surface area contributed by atoms with Crippen molar-refractivity contribution in [3.63, 3.8) is 0 Å². The molecule has 3 rings (SSSR count). The molecule has 0 aliphatic heterocycles. The van der Waals surface area contributed by atoms with Crippen LogP contribution < -0.4 is 5.32 Å². The van der Waals surface area contributed by atoms with Gasteiger partial charge in [0.1, 0.15) is 17.7 Å². The molecule has 1 N–H and O–H groups in total. The Morgan fingerprint density at radius 1 is 0.829 bits per heavy atom.